The highest BCUT2D eigenvalue weighted by molar-refractivity contribution is 7.89. The number of esters is 1. The number of sulfonamides is 1. The van der Waals surface area contributed by atoms with E-state index in [4.69, 9.17) is 0 Å². The van der Waals surface area contributed by atoms with Gasteiger partial charge in [0, 0.05) is 19.6 Å². The first-order valence-corrected chi connectivity index (χ1v) is 8.35. The molecule has 0 aliphatic carbocycles. The molecule has 0 radical (unpaired) electrons. The second-order valence-electron chi connectivity index (χ2n) is 4.37. The Balaban J connectivity index is 3.08. The van der Waals surface area contributed by atoms with Crippen molar-refractivity contribution in [3.63, 3.8) is 0 Å². The van der Waals surface area contributed by atoms with E-state index in [1.807, 2.05) is 11.8 Å². The lowest BCUT2D eigenvalue weighted by Gasteiger charge is -2.25. The predicted octanol–water partition coefficient (Wildman–Crippen LogP) is 1.37. The zero-order valence-corrected chi connectivity index (χ0v) is 13.4. The summed E-state index contributed by atoms with van der Waals surface area (Å²) in [4.78, 5) is 13.3. The molecule has 0 bridgehead atoms. The molecule has 0 heterocycles. The number of nitrogens with one attached hydrogen (secondary N) is 1. The number of methoxy groups -OCH3 is 1. The second kappa shape index (κ2) is 7.99. The average molecular weight is 314 g/mol. The van der Waals surface area contributed by atoms with Gasteiger partial charge >= 0.3 is 5.97 Å². The molecular formula is C14H22N2O4S. The predicted molar refractivity (Wildman–Crippen MR) is 81.8 cm³/mol. The van der Waals surface area contributed by atoms with Crippen LogP contribution in [0.15, 0.2) is 29.2 Å². The van der Waals surface area contributed by atoms with E-state index in [1.54, 1.807) is 31.2 Å². The number of para-hydroxylation sites is 1. The van der Waals surface area contributed by atoms with Crippen molar-refractivity contribution in [2.75, 3.05) is 31.6 Å². The Bertz CT molecular complexity index is 572. The number of hydrogen-bond donors (Lipinski definition) is 1. The summed E-state index contributed by atoms with van der Waals surface area (Å²) in [5, 5.41) is 0. The van der Waals surface area contributed by atoms with Crippen molar-refractivity contribution >= 4 is 21.7 Å². The van der Waals surface area contributed by atoms with E-state index in [0.29, 0.717) is 25.3 Å². The standard InChI is InChI=1S/C14H22N2O4S/c1-4-15-21(18,19)13-9-7-6-8-12(13)16(5-2)11-10-14(17)20-3/h6-9,15H,4-5,10-11H2,1-3H3. The first kappa shape index (κ1) is 17.5. The molecule has 1 rings (SSSR count). The van der Waals surface area contributed by atoms with E-state index in [2.05, 4.69) is 9.46 Å². The summed E-state index contributed by atoms with van der Waals surface area (Å²) in [6.07, 6.45) is 0.208. The van der Waals surface area contributed by atoms with Gasteiger partial charge in [-0.1, -0.05) is 19.1 Å². The average Bonchev–Trinajstić information content (AvgIpc) is 2.48. The molecule has 0 saturated heterocycles. The zero-order chi connectivity index (χ0) is 15.9. The van der Waals surface area contributed by atoms with E-state index in [-0.39, 0.29) is 17.3 Å². The fraction of sp³-hybridized carbons (Fsp3) is 0.500. The molecule has 0 aromatic heterocycles. The molecular weight excluding hydrogens is 292 g/mol. The Kier molecular flexibility index (Phi) is 6.64. The van der Waals surface area contributed by atoms with E-state index >= 15 is 0 Å². The molecule has 0 amide bonds. The molecule has 1 aromatic carbocycles. The molecule has 0 atom stereocenters. The van der Waals surface area contributed by atoms with Gasteiger partial charge in [0.05, 0.1) is 19.2 Å². The first-order valence-electron chi connectivity index (χ1n) is 6.86. The molecule has 0 aliphatic heterocycles. The molecule has 1 N–H and O–H groups in total. The van der Waals surface area contributed by atoms with Gasteiger partial charge in [-0.05, 0) is 19.1 Å². The van der Waals surface area contributed by atoms with E-state index < -0.39 is 10.0 Å². The van der Waals surface area contributed by atoms with Crippen LogP contribution in [-0.4, -0.2) is 41.1 Å². The minimum atomic E-state index is -3.55. The zero-order valence-electron chi connectivity index (χ0n) is 12.6. The molecule has 7 heteroatoms. The van der Waals surface area contributed by atoms with Crippen LogP contribution < -0.4 is 9.62 Å². The third-order valence-corrected chi connectivity index (χ3v) is 4.62. The van der Waals surface area contributed by atoms with Crippen molar-refractivity contribution in [3.8, 4) is 0 Å². The first-order chi connectivity index (χ1) is 9.96. The largest absolute Gasteiger partial charge is 0.469 e. The second-order valence-corrected chi connectivity index (χ2v) is 6.11. The van der Waals surface area contributed by atoms with Crippen LogP contribution in [0.5, 0.6) is 0 Å². The van der Waals surface area contributed by atoms with Gasteiger partial charge in [0.15, 0.2) is 0 Å². The highest BCUT2D eigenvalue weighted by atomic mass is 32.2. The van der Waals surface area contributed by atoms with Crippen molar-refractivity contribution < 1.29 is 17.9 Å². The molecule has 0 aliphatic rings. The van der Waals surface area contributed by atoms with Crippen molar-refractivity contribution in [1.82, 2.24) is 4.72 Å². The smallest absolute Gasteiger partial charge is 0.307 e. The number of hydrogen-bond acceptors (Lipinski definition) is 5. The van der Waals surface area contributed by atoms with Gasteiger partial charge in [0.1, 0.15) is 4.90 Å². The maximum atomic E-state index is 12.2. The van der Waals surface area contributed by atoms with Crippen molar-refractivity contribution in [3.05, 3.63) is 24.3 Å². The molecule has 0 fully saturated rings. The van der Waals surface area contributed by atoms with E-state index in [0.717, 1.165) is 0 Å². The summed E-state index contributed by atoms with van der Waals surface area (Å²) < 4.78 is 31.6. The number of ether oxygens (including phenoxy) is 1. The Morgan fingerprint density at radius 1 is 1.29 bits per heavy atom. The number of nitrogens with zero attached hydrogens (tertiary/aromatic N) is 1. The monoisotopic (exact) mass is 314 g/mol. The Morgan fingerprint density at radius 2 is 1.95 bits per heavy atom. The Hall–Kier alpha value is -1.60. The van der Waals surface area contributed by atoms with E-state index in [1.165, 1.54) is 7.11 Å². The van der Waals surface area contributed by atoms with Crippen LogP contribution in [0.25, 0.3) is 0 Å². The summed E-state index contributed by atoms with van der Waals surface area (Å²) in [6, 6.07) is 6.77. The van der Waals surface area contributed by atoms with Gasteiger partial charge in [-0.15, -0.1) is 0 Å². The van der Waals surface area contributed by atoms with Crippen LogP contribution in [0.4, 0.5) is 5.69 Å². The maximum Gasteiger partial charge on any atom is 0.307 e. The topological polar surface area (TPSA) is 75.7 Å². The number of benzene rings is 1. The normalized spacial score (nSPS) is 11.2. The van der Waals surface area contributed by atoms with Crippen LogP contribution in [0.1, 0.15) is 20.3 Å². The Morgan fingerprint density at radius 3 is 2.52 bits per heavy atom. The van der Waals surface area contributed by atoms with Gasteiger partial charge in [0.25, 0.3) is 0 Å². The summed E-state index contributed by atoms with van der Waals surface area (Å²) in [6.45, 7) is 4.96. The van der Waals surface area contributed by atoms with Gasteiger partial charge in [-0.2, -0.15) is 0 Å². The fourth-order valence-electron chi connectivity index (χ4n) is 1.99. The highest BCUT2D eigenvalue weighted by Gasteiger charge is 2.20. The summed E-state index contributed by atoms with van der Waals surface area (Å²) in [5.41, 5.74) is 0.588. The fourth-order valence-corrected chi connectivity index (χ4v) is 3.26. The Labute approximate surface area is 126 Å². The number of anilines is 1. The van der Waals surface area contributed by atoms with Crippen molar-refractivity contribution in [2.24, 2.45) is 0 Å². The van der Waals surface area contributed by atoms with Gasteiger partial charge in [-0.3, -0.25) is 4.79 Å². The lowest BCUT2D eigenvalue weighted by molar-refractivity contribution is -0.140. The van der Waals surface area contributed by atoms with Crippen LogP contribution in [0.2, 0.25) is 0 Å². The van der Waals surface area contributed by atoms with Crippen LogP contribution in [0, 0.1) is 0 Å². The molecule has 6 nitrogen and oxygen atoms in total. The van der Waals surface area contributed by atoms with E-state index in [9.17, 15) is 13.2 Å². The molecule has 0 spiro atoms. The van der Waals surface area contributed by atoms with Gasteiger partial charge in [-0.25, -0.2) is 13.1 Å². The van der Waals surface area contributed by atoms with Crippen LogP contribution >= 0.6 is 0 Å². The summed E-state index contributed by atoms with van der Waals surface area (Å²) in [7, 11) is -2.21. The highest BCUT2D eigenvalue weighted by Crippen LogP contribution is 2.25. The lowest BCUT2D eigenvalue weighted by Crippen LogP contribution is -2.30. The minimum absolute atomic E-state index is 0.208. The van der Waals surface area contributed by atoms with Crippen LogP contribution in [-0.2, 0) is 19.6 Å². The van der Waals surface area contributed by atoms with Crippen molar-refractivity contribution in [1.29, 1.82) is 0 Å². The summed E-state index contributed by atoms with van der Waals surface area (Å²) in [5.74, 6) is -0.319. The lowest BCUT2D eigenvalue weighted by atomic mass is 10.2. The van der Waals surface area contributed by atoms with Gasteiger partial charge in [0.2, 0.25) is 10.0 Å². The molecule has 1 aromatic rings. The van der Waals surface area contributed by atoms with Gasteiger partial charge < -0.3 is 9.64 Å². The maximum absolute atomic E-state index is 12.2. The third kappa shape index (κ3) is 4.71. The molecule has 21 heavy (non-hydrogen) atoms. The SMILES string of the molecule is CCNS(=O)(=O)c1ccccc1N(CC)CCC(=O)OC. The molecule has 0 unspecified atom stereocenters. The number of carbonyl (C=O) groups excluding carboxylic acids is 1. The number of carbonyl (C=O) groups is 1. The molecule has 0 saturated carbocycles. The number of rotatable bonds is 8. The van der Waals surface area contributed by atoms with Crippen LogP contribution in [0.3, 0.4) is 0 Å². The minimum Gasteiger partial charge on any atom is -0.469 e. The molecule has 118 valence electrons. The summed E-state index contributed by atoms with van der Waals surface area (Å²) >= 11 is 0. The quantitative estimate of drug-likeness (QED) is 0.734. The third-order valence-electron chi connectivity index (χ3n) is 3.03. The van der Waals surface area contributed by atoms with Crippen molar-refractivity contribution in [2.45, 2.75) is 25.2 Å².